The number of thioether (sulfide) groups is 1. The molecule has 4 nitrogen and oxygen atoms in total. The van der Waals surface area contributed by atoms with Crippen molar-refractivity contribution in [3.8, 4) is 0 Å². The molecular formula is C15H15FN2O2S. The molecule has 0 bridgehead atoms. The zero-order chi connectivity index (χ0) is 15.1. The number of hydrogen-bond acceptors (Lipinski definition) is 4. The Morgan fingerprint density at radius 1 is 1.33 bits per heavy atom. The Labute approximate surface area is 126 Å². The van der Waals surface area contributed by atoms with Gasteiger partial charge in [-0.05, 0) is 18.2 Å². The number of aliphatic hydroxyl groups excluding tert-OH is 1. The highest BCUT2D eigenvalue weighted by Crippen LogP contribution is 2.22. The summed E-state index contributed by atoms with van der Waals surface area (Å²) in [6, 6.07) is 8.11. The summed E-state index contributed by atoms with van der Waals surface area (Å²) in [5.74, 6) is 0.000803. The van der Waals surface area contributed by atoms with Gasteiger partial charge in [-0.15, -0.1) is 11.8 Å². The molecule has 2 N–H and O–H groups in total. The van der Waals surface area contributed by atoms with Crippen molar-refractivity contribution in [1.82, 2.24) is 4.98 Å². The van der Waals surface area contributed by atoms with Crippen molar-refractivity contribution in [3.05, 3.63) is 54.1 Å². The summed E-state index contributed by atoms with van der Waals surface area (Å²) in [6.45, 7) is -0.165. The standard InChI is InChI=1S/C15H15FN2O2S/c16-12-3-1-2-4-14(12)21-8-6-15(20)18-13-9-17-7-5-11(13)10-19/h1-5,7,9,19H,6,8,10H2,(H,18,20). The highest BCUT2D eigenvalue weighted by atomic mass is 32.2. The van der Waals surface area contributed by atoms with Gasteiger partial charge in [-0.2, -0.15) is 0 Å². The first-order valence-corrected chi connectivity index (χ1v) is 7.40. The van der Waals surface area contributed by atoms with Crippen LogP contribution in [0.5, 0.6) is 0 Å². The normalized spacial score (nSPS) is 10.4. The molecule has 0 aliphatic heterocycles. The molecule has 0 fully saturated rings. The van der Waals surface area contributed by atoms with Gasteiger partial charge in [-0.25, -0.2) is 4.39 Å². The van der Waals surface area contributed by atoms with Crippen molar-refractivity contribution in [2.45, 2.75) is 17.9 Å². The Kier molecular flexibility index (Phi) is 5.71. The number of nitrogens with one attached hydrogen (secondary N) is 1. The van der Waals surface area contributed by atoms with Crippen molar-refractivity contribution >= 4 is 23.4 Å². The third-order valence-electron chi connectivity index (χ3n) is 2.78. The van der Waals surface area contributed by atoms with Gasteiger partial charge in [0.25, 0.3) is 0 Å². The van der Waals surface area contributed by atoms with Crippen LogP contribution in [0.4, 0.5) is 10.1 Å². The second kappa shape index (κ2) is 7.75. The van der Waals surface area contributed by atoms with Crippen LogP contribution < -0.4 is 5.32 Å². The third kappa shape index (κ3) is 4.54. The van der Waals surface area contributed by atoms with E-state index in [2.05, 4.69) is 10.3 Å². The summed E-state index contributed by atoms with van der Waals surface area (Å²) < 4.78 is 13.4. The fourth-order valence-electron chi connectivity index (χ4n) is 1.70. The van der Waals surface area contributed by atoms with E-state index in [1.165, 1.54) is 24.0 Å². The van der Waals surface area contributed by atoms with Crippen molar-refractivity contribution in [2.24, 2.45) is 0 Å². The fraction of sp³-hybridized carbons (Fsp3) is 0.200. The minimum Gasteiger partial charge on any atom is -0.392 e. The van der Waals surface area contributed by atoms with Gasteiger partial charge >= 0.3 is 0 Å². The first kappa shape index (κ1) is 15.5. The van der Waals surface area contributed by atoms with E-state index in [-0.39, 0.29) is 24.8 Å². The number of carbonyl (C=O) groups is 1. The zero-order valence-corrected chi connectivity index (χ0v) is 12.1. The smallest absolute Gasteiger partial charge is 0.225 e. The quantitative estimate of drug-likeness (QED) is 0.806. The Hall–Kier alpha value is -1.92. The number of pyridine rings is 1. The van der Waals surface area contributed by atoms with E-state index in [1.54, 1.807) is 30.5 Å². The number of amides is 1. The average molecular weight is 306 g/mol. The Morgan fingerprint density at radius 3 is 2.90 bits per heavy atom. The van der Waals surface area contributed by atoms with E-state index in [0.29, 0.717) is 21.9 Å². The molecule has 1 aromatic carbocycles. The number of hydrogen-bond donors (Lipinski definition) is 2. The minimum absolute atomic E-state index is 0.165. The van der Waals surface area contributed by atoms with Crippen molar-refractivity contribution in [1.29, 1.82) is 0 Å². The monoisotopic (exact) mass is 306 g/mol. The summed E-state index contributed by atoms with van der Waals surface area (Å²) in [5.41, 5.74) is 1.11. The van der Waals surface area contributed by atoms with E-state index < -0.39 is 0 Å². The van der Waals surface area contributed by atoms with Crippen LogP contribution in [0.15, 0.2) is 47.6 Å². The first-order chi connectivity index (χ1) is 10.2. The van der Waals surface area contributed by atoms with E-state index in [4.69, 9.17) is 5.11 Å². The predicted molar refractivity (Wildman–Crippen MR) is 80.5 cm³/mol. The van der Waals surface area contributed by atoms with Crippen LogP contribution in [0.1, 0.15) is 12.0 Å². The van der Waals surface area contributed by atoms with Crippen LogP contribution in [-0.2, 0) is 11.4 Å². The van der Waals surface area contributed by atoms with Gasteiger partial charge in [0.15, 0.2) is 0 Å². The number of carbonyl (C=O) groups excluding carboxylic acids is 1. The molecule has 0 unspecified atom stereocenters. The molecule has 2 aromatic rings. The second-order valence-corrected chi connectivity index (χ2v) is 5.40. The maximum absolute atomic E-state index is 13.4. The van der Waals surface area contributed by atoms with Crippen LogP contribution >= 0.6 is 11.8 Å². The molecule has 2 rings (SSSR count). The molecule has 0 aliphatic carbocycles. The van der Waals surface area contributed by atoms with Gasteiger partial charge in [-0.1, -0.05) is 12.1 Å². The zero-order valence-electron chi connectivity index (χ0n) is 11.3. The van der Waals surface area contributed by atoms with Gasteiger partial charge in [0.1, 0.15) is 5.82 Å². The molecule has 1 heterocycles. The van der Waals surface area contributed by atoms with Crippen LogP contribution in [0, 0.1) is 5.82 Å². The van der Waals surface area contributed by atoms with Crippen LogP contribution in [0.25, 0.3) is 0 Å². The van der Waals surface area contributed by atoms with Crippen molar-refractivity contribution in [3.63, 3.8) is 0 Å². The second-order valence-electron chi connectivity index (χ2n) is 4.27. The largest absolute Gasteiger partial charge is 0.392 e. The minimum atomic E-state index is -0.280. The summed E-state index contributed by atoms with van der Waals surface area (Å²) in [4.78, 5) is 16.3. The molecule has 21 heavy (non-hydrogen) atoms. The third-order valence-corrected chi connectivity index (χ3v) is 3.83. The highest BCUT2D eigenvalue weighted by molar-refractivity contribution is 7.99. The summed E-state index contributed by atoms with van der Waals surface area (Å²) in [6.07, 6.45) is 3.29. The summed E-state index contributed by atoms with van der Waals surface area (Å²) in [7, 11) is 0. The van der Waals surface area contributed by atoms with Gasteiger partial charge in [-0.3, -0.25) is 9.78 Å². The molecule has 0 saturated heterocycles. The first-order valence-electron chi connectivity index (χ1n) is 6.41. The van der Waals surface area contributed by atoms with Gasteiger partial charge in [0.05, 0.1) is 18.5 Å². The molecule has 110 valence electrons. The molecule has 0 atom stereocenters. The van der Waals surface area contributed by atoms with Crippen LogP contribution in [0.2, 0.25) is 0 Å². The van der Waals surface area contributed by atoms with Crippen LogP contribution in [0.3, 0.4) is 0 Å². The fourth-order valence-corrected chi connectivity index (χ4v) is 2.59. The molecule has 0 radical (unpaired) electrons. The van der Waals surface area contributed by atoms with Gasteiger partial charge < -0.3 is 10.4 Å². The van der Waals surface area contributed by atoms with E-state index >= 15 is 0 Å². The maximum Gasteiger partial charge on any atom is 0.225 e. The molecule has 6 heteroatoms. The van der Waals surface area contributed by atoms with E-state index in [0.717, 1.165) is 0 Å². The highest BCUT2D eigenvalue weighted by Gasteiger charge is 2.08. The van der Waals surface area contributed by atoms with Crippen molar-refractivity contribution in [2.75, 3.05) is 11.1 Å². The Bertz CT molecular complexity index is 622. The molecule has 1 aromatic heterocycles. The lowest BCUT2D eigenvalue weighted by atomic mass is 10.2. The topological polar surface area (TPSA) is 62.2 Å². The summed E-state index contributed by atoms with van der Waals surface area (Å²) in [5, 5.41) is 11.9. The number of aromatic nitrogens is 1. The summed E-state index contributed by atoms with van der Waals surface area (Å²) >= 11 is 1.30. The molecule has 0 aliphatic rings. The van der Waals surface area contributed by atoms with Crippen LogP contribution in [-0.4, -0.2) is 21.8 Å². The molecule has 0 spiro atoms. The Balaban J connectivity index is 1.84. The SMILES string of the molecule is O=C(CCSc1ccccc1F)Nc1cnccc1CO. The number of halogens is 1. The molecule has 0 saturated carbocycles. The van der Waals surface area contributed by atoms with E-state index in [9.17, 15) is 9.18 Å². The number of benzene rings is 1. The van der Waals surface area contributed by atoms with Crippen molar-refractivity contribution < 1.29 is 14.3 Å². The maximum atomic E-state index is 13.4. The lowest BCUT2D eigenvalue weighted by Gasteiger charge is -2.08. The average Bonchev–Trinajstić information content (AvgIpc) is 2.50. The lowest BCUT2D eigenvalue weighted by Crippen LogP contribution is -2.14. The molecular weight excluding hydrogens is 291 g/mol. The van der Waals surface area contributed by atoms with E-state index in [1.807, 2.05) is 0 Å². The Morgan fingerprint density at radius 2 is 2.14 bits per heavy atom. The molecule has 1 amide bonds. The number of aliphatic hydroxyl groups is 1. The van der Waals surface area contributed by atoms with Gasteiger partial charge in [0, 0.05) is 28.8 Å². The number of nitrogens with zero attached hydrogens (tertiary/aromatic N) is 1. The van der Waals surface area contributed by atoms with Gasteiger partial charge in [0.2, 0.25) is 5.91 Å². The number of rotatable bonds is 6. The number of anilines is 1. The lowest BCUT2D eigenvalue weighted by molar-refractivity contribution is -0.115. The predicted octanol–water partition coefficient (Wildman–Crippen LogP) is 2.83.